The minimum Gasteiger partial charge on any atom is -0.468 e. The first kappa shape index (κ1) is 13.9. The molecule has 0 amide bonds. The molecule has 1 fully saturated rings. The highest BCUT2D eigenvalue weighted by molar-refractivity contribution is 6.11. The Morgan fingerprint density at radius 2 is 1.94 bits per heavy atom. The van der Waals surface area contributed by atoms with Gasteiger partial charge in [-0.15, -0.1) is 0 Å². The van der Waals surface area contributed by atoms with Crippen molar-refractivity contribution in [3.8, 4) is 0 Å². The number of methoxy groups -OCH3 is 1. The van der Waals surface area contributed by atoms with Crippen LogP contribution in [0.4, 0.5) is 0 Å². The van der Waals surface area contributed by atoms with Gasteiger partial charge in [-0.3, -0.25) is 14.4 Å². The number of hydrogen-bond donors (Lipinski definition) is 0. The van der Waals surface area contributed by atoms with E-state index in [1.807, 2.05) is 13.8 Å². The molecule has 1 rings (SSSR count). The molecule has 4 nitrogen and oxygen atoms in total. The monoisotopic (exact) mass is 240 g/mol. The summed E-state index contributed by atoms with van der Waals surface area (Å²) in [5, 5.41) is 0. The van der Waals surface area contributed by atoms with Gasteiger partial charge in [-0.05, 0) is 12.3 Å². The molecule has 0 N–H and O–H groups in total. The van der Waals surface area contributed by atoms with Gasteiger partial charge in [0, 0.05) is 5.92 Å². The van der Waals surface area contributed by atoms with Crippen molar-refractivity contribution in [1.29, 1.82) is 0 Å². The first-order valence-corrected chi connectivity index (χ1v) is 6.20. The fraction of sp³-hybridized carbons (Fsp3) is 0.769. The van der Waals surface area contributed by atoms with Crippen LogP contribution in [0.25, 0.3) is 0 Å². The third kappa shape index (κ3) is 2.73. The number of carbonyl (C=O) groups excluding carboxylic acids is 3. The Labute approximate surface area is 102 Å². The SMILES string of the molecule is CCCC1C(=O)CC(=O)C(C(=O)OC)C1CC. The van der Waals surface area contributed by atoms with Gasteiger partial charge in [0.2, 0.25) is 0 Å². The molecule has 0 aromatic heterocycles. The minimum atomic E-state index is -0.737. The largest absolute Gasteiger partial charge is 0.468 e. The number of Topliss-reactive ketones (excluding diaryl/α,β-unsaturated/α-hetero) is 2. The molecular weight excluding hydrogens is 220 g/mol. The third-order valence-electron chi connectivity index (χ3n) is 3.58. The molecule has 3 unspecified atom stereocenters. The Morgan fingerprint density at radius 3 is 2.41 bits per heavy atom. The van der Waals surface area contributed by atoms with E-state index in [1.165, 1.54) is 7.11 Å². The highest BCUT2D eigenvalue weighted by Crippen LogP contribution is 2.36. The molecule has 4 heteroatoms. The van der Waals surface area contributed by atoms with Crippen LogP contribution in [-0.4, -0.2) is 24.6 Å². The second kappa shape index (κ2) is 5.94. The molecule has 1 aliphatic carbocycles. The zero-order valence-electron chi connectivity index (χ0n) is 10.7. The second-order valence-corrected chi connectivity index (χ2v) is 4.58. The van der Waals surface area contributed by atoms with Gasteiger partial charge in [0.05, 0.1) is 13.5 Å². The van der Waals surface area contributed by atoms with Crippen molar-refractivity contribution in [3.63, 3.8) is 0 Å². The molecular formula is C13H20O4. The van der Waals surface area contributed by atoms with E-state index >= 15 is 0 Å². The summed E-state index contributed by atoms with van der Waals surface area (Å²) in [5.41, 5.74) is 0. The van der Waals surface area contributed by atoms with E-state index in [4.69, 9.17) is 0 Å². The summed E-state index contributed by atoms with van der Waals surface area (Å²) in [6.07, 6.45) is 2.18. The number of rotatable bonds is 4. The molecule has 0 aliphatic heterocycles. The van der Waals surface area contributed by atoms with Crippen molar-refractivity contribution in [2.75, 3.05) is 7.11 Å². The average molecular weight is 240 g/mol. The Bertz CT molecular complexity index is 319. The molecule has 0 spiro atoms. The van der Waals surface area contributed by atoms with E-state index in [0.717, 1.165) is 12.8 Å². The van der Waals surface area contributed by atoms with Gasteiger partial charge < -0.3 is 4.74 Å². The second-order valence-electron chi connectivity index (χ2n) is 4.58. The van der Waals surface area contributed by atoms with Crippen LogP contribution in [0.15, 0.2) is 0 Å². The molecule has 0 saturated heterocycles. The maximum Gasteiger partial charge on any atom is 0.316 e. The summed E-state index contributed by atoms with van der Waals surface area (Å²) in [6, 6.07) is 0. The number of ether oxygens (including phenoxy) is 1. The lowest BCUT2D eigenvalue weighted by atomic mass is 9.68. The van der Waals surface area contributed by atoms with Crippen LogP contribution in [0.3, 0.4) is 0 Å². The van der Waals surface area contributed by atoms with Gasteiger partial charge in [0.15, 0.2) is 5.78 Å². The molecule has 0 bridgehead atoms. The predicted molar refractivity (Wildman–Crippen MR) is 62.3 cm³/mol. The van der Waals surface area contributed by atoms with E-state index in [2.05, 4.69) is 4.74 Å². The molecule has 3 atom stereocenters. The average Bonchev–Trinajstić information content (AvgIpc) is 2.31. The van der Waals surface area contributed by atoms with Crippen molar-refractivity contribution >= 4 is 17.5 Å². The van der Waals surface area contributed by atoms with Crippen molar-refractivity contribution in [2.45, 2.75) is 39.5 Å². The Hall–Kier alpha value is -1.19. The lowest BCUT2D eigenvalue weighted by Crippen LogP contribution is -2.44. The van der Waals surface area contributed by atoms with Gasteiger partial charge in [-0.25, -0.2) is 0 Å². The van der Waals surface area contributed by atoms with E-state index in [0.29, 0.717) is 6.42 Å². The predicted octanol–water partition coefficient (Wildman–Crippen LogP) is 1.76. The summed E-state index contributed by atoms with van der Waals surface area (Å²) in [4.78, 5) is 35.3. The van der Waals surface area contributed by atoms with E-state index in [1.54, 1.807) is 0 Å². The molecule has 1 aliphatic rings. The van der Waals surface area contributed by atoms with Gasteiger partial charge in [-0.2, -0.15) is 0 Å². The van der Waals surface area contributed by atoms with Crippen LogP contribution in [-0.2, 0) is 19.1 Å². The summed E-state index contributed by atoms with van der Waals surface area (Å²) in [5.74, 6) is -1.86. The topological polar surface area (TPSA) is 60.4 Å². The number of ketones is 2. The van der Waals surface area contributed by atoms with Crippen molar-refractivity contribution in [1.82, 2.24) is 0 Å². The zero-order valence-corrected chi connectivity index (χ0v) is 10.7. The molecule has 0 radical (unpaired) electrons. The number of carbonyl (C=O) groups is 3. The lowest BCUT2D eigenvalue weighted by molar-refractivity contribution is -0.156. The third-order valence-corrected chi connectivity index (χ3v) is 3.58. The number of esters is 1. The van der Waals surface area contributed by atoms with Crippen LogP contribution < -0.4 is 0 Å². The molecule has 17 heavy (non-hydrogen) atoms. The van der Waals surface area contributed by atoms with Gasteiger partial charge in [0.1, 0.15) is 11.7 Å². The molecule has 1 saturated carbocycles. The minimum absolute atomic E-state index is 0.0103. The summed E-state index contributed by atoms with van der Waals surface area (Å²) < 4.78 is 4.68. The number of hydrogen-bond acceptors (Lipinski definition) is 4. The van der Waals surface area contributed by atoms with Gasteiger partial charge in [0.25, 0.3) is 0 Å². The van der Waals surface area contributed by atoms with E-state index < -0.39 is 11.9 Å². The van der Waals surface area contributed by atoms with Crippen molar-refractivity contribution in [3.05, 3.63) is 0 Å². The zero-order chi connectivity index (χ0) is 13.0. The maximum absolute atomic E-state index is 11.8. The first-order chi connectivity index (χ1) is 8.06. The van der Waals surface area contributed by atoms with Crippen molar-refractivity contribution < 1.29 is 19.1 Å². The van der Waals surface area contributed by atoms with Crippen LogP contribution in [0, 0.1) is 17.8 Å². The summed E-state index contributed by atoms with van der Waals surface area (Å²) in [6.45, 7) is 3.92. The highest BCUT2D eigenvalue weighted by atomic mass is 16.5. The van der Waals surface area contributed by atoms with Crippen LogP contribution >= 0.6 is 0 Å². The molecule has 0 aromatic rings. The van der Waals surface area contributed by atoms with Gasteiger partial charge >= 0.3 is 5.97 Å². The summed E-state index contributed by atoms with van der Waals surface area (Å²) >= 11 is 0. The quantitative estimate of drug-likeness (QED) is 0.555. The van der Waals surface area contributed by atoms with Crippen molar-refractivity contribution in [2.24, 2.45) is 17.8 Å². The fourth-order valence-corrected chi connectivity index (χ4v) is 2.76. The van der Waals surface area contributed by atoms with E-state index in [-0.39, 0.29) is 29.8 Å². The molecule has 0 heterocycles. The first-order valence-electron chi connectivity index (χ1n) is 6.20. The normalized spacial score (nSPS) is 29.2. The van der Waals surface area contributed by atoms with Gasteiger partial charge in [-0.1, -0.05) is 26.7 Å². The Balaban J connectivity index is 2.98. The molecule has 96 valence electrons. The van der Waals surface area contributed by atoms with E-state index in [9.17, 15) is 14.4 Å². The fourth-order valence-electron chi connectivity index (χ4n) is 2.76. The Kier molecular flexibility index (Phi) is 4.85. The lowest BCUT2D eigenvalue weighted by Gasteiger charge is -2.34. The molecule has 0 aromatic carbocycles. The maximum atomic E-state index is 11.8. The van der Waals surface area contributed by atoms with Crippen LogP contribution in [0.1, 0.15) is 39.5 Å². The van der Waals surface area contributed by atoms with Crippen LogP contribution in [0.2, 0.25) is 0 Å². The highest BCUT2D eigenvalue weighted by Gasteiger charge is 2.46. The standard InChI is InChI=1S/C13H20O4/c1-4-6-9-8(5-2)12(13(16)17-3)11(15)7-10(9)14/h8-9,12H,4-7H2,1-3H3. The smallest absolute Gasteiger partial charge is 0.316 e. The Morgan fingerprint density at radius 1 is 1.29 bits per heavy atom. The summed E-state index contributed by atoms with van der Waals surface area (Å²) in [7, 11) is 1.29. The van der Waals surface area contributed by atoms with Crippen LogP contribution in [0.5, 0.6) is 0 Å².